The molecule has 96 valence electrons. The second-order valence-corrected chi connectivity index (χ2v) is 6.79. The second-order valence-electron chi connectivity index (χ2n) is 5.98. The number of piperidine rings is 3. The molecule has 18 heavy (non-hydrogen) atoms. The molecule has 4 fully saturated rings. The van der Waals surface area contributed by atoms with Crippen LogP contribution in [-0.2, 0) is 0 Å². The average molecular weight is 309 g/mol. The predicted octanol–water partition coefficient (Wildman–Crippen LogP) is 2.56. The zero-order valence-corrected chi connectivity index (χ0v) is 11.8. The number of rotatable bonds is 2. The molecule has 4 heteroatoms. The fraction of sp³-hybridized carbons (Fsp3) is 0.643. The first kappa shape index (κ1) is 11.2. The molecule has 1 aliphatic carbocycles. The van der Waals surface area contributed by atoms with Gasteiger partial charge >= 0.3 is 0 Å². The standard InChI is InChI=1S/C14H17BrN2O/c15-13-2-1-12(5-16-13)18-14-10-3-9-4-11(14)8-17(6-9)7-10/h1-2,5,9-11,14H,3-4,6-8H2. The van der Waals surface area contributed by atoms with Crippen molar-refractivity contribution in [2.45, 2.75) is 18.9 Å². The van der Waals surface area contributed by atoms with Crippen LogP contribution in [-0.4, -0.2) is 35.6 Å². The van der Waals surface area contributed by atoms with E-state index in [0.29, 0.717) is 6.10 Å². The van der Waals surface area contributed by atoms with Gasteiger partial charge in [0, 0.05) is 31.5 Å². The van der Waals surface area contributed by atoms with Gasteiger partial charge in [0.25, 0.3) is 0 Å². The Bertz CT molecular complexity index is 420. The predicted molar refractivity (Wildman–Crippen MR) is 72.5 cm³/mol. The molecule has 1 saturated carbocycles. The first-order valence-electron chi connectivity index (χ1n) is 6.78. The van der Waals surface area contributed by atoms with Crippen LogP contribution < -0.4 is 4.74 Å². The Labute approximate surface area is 116 Å². The fourth-order valence-electron chi connectivity index (χ4n) is 4.15. The van der Waals surface area contributed by atoms with Gasteiger partial charge in [0.1, 0.15) is 16.5 Å². The van der Waals surface area contributed by atoms with Crippen LogP contribution in [0.2, 0.25) is 0 Å². The molecule has 3 aliphatic heterocycles. The minimum atomic E-state index is 0.417. The van der Waals surface area contributed by atoms with E-state index in [-0.39, 0.29) is 0 Å². The van der Waals surface area contributed by atoms with E-state index in [1.54, 1.807) is 0 Å². The topological polar surface area (TPSA) is 25.4 Å². The second kappa shape index (κ2) is 4.20. The number of hydrogen-bond donors (Lipinski definition) is 0. The van der Waals surface area contributed by atoms with Gasteiger partial charge in [0.05, 0.1) is 6.20 Å². The highest BCUT2D eigenvalue weighted by atomic mass is 79.9. The van der Waals surface area contributed by atoms with Gasteiger partial charge in [-0.15, -0.1) is 0 Å². The minimum absolute atomic E-state index is 0.417. The van der Waals surface area contributed by atoms with Crippen LogP contribution in [0.15, 0.2) is 22.9 Å². The van der Waals surface area contributed by atoms with E-state index in [1.807, 2.05) is 18.3 Å². The van der Waals surface area contributed by atoms with Gasteiger partial charge in [0.2, 0.25) is 0 Å². The summed E-state index contributed by atoms with van der Waals surface area (Å²) in [6.45, 7) is 3.81. The molecule has 0 radical (unpaired) electrons. The van der Waals surface area contributed by atoms with Gasteiger partial charge in [-0.3, -0.25) is 0 Å². The lowest BCUT2D eigenvalue weighted by atomic mass is 9.66. The van der Waals surface area contributed by atoms with Gasteiger partial charge < -0.3 is 9.64 Å². The quantitative estimate of drug-likeness (QED) is 0.785. The third-order valence-electron chi connectivity index (χ3n) is 4.68. The number of halogens is 1. The maximum Gasteiger partial charge on any atom is 0.138 e. The first-order chi connectivity index (χ1) is 8.78. The molecule has 4 aliphatic rings. The van der Waals surface area contributed by atoms with Crippen LogP contribution in [0, 0.1) is 17.8 Å². The van der Waals surface area contributed by atoms with Gasteiger partial charge in [0.15, 0.2) is 0 Å². The summed E-state index contributed by atoms with van der Waals surface area (Å²) in [5, 5.41) is 0. The Morgan fingerprint density at radius 1 is 1.17 bits per heavy atom. The Balaban J connectivity index is 1.53. The maximum atomic E-state index is 6.24. The molecule has 2 unspecified atom stereocenters. The van der Waals surface area contributed by atoms with Gasteiger partial charge in [-0.2, -0.15) is 0 Å². The number of hydrogen-bond acceptors (Lipinski definition) is 3. The molecular formula is C14H17BrN2O. The van der Waals surface area contributed by atoms with Gasteiger partial charge in [-0.05, 0) is 46.8 Å². The van der Waals surface area contributed by atoms with Crippen molar-refractivity contribution in [1.29, 1.82) is 0 Å². The smallest absolute Gasteiger partial charge is 0.138 e. The molecule has 1 aromatic heterocycles. The molecule has 0 aromatic carbocycles. The Morgan fingerprint density at radius 2 is 1.94 bits per heavy atom. The SMILES string of the molecule is Brc1ccc(OC2C3CC4CC2CN(C4)C3)cn1. The maximum absolute atomic E-state index is 6.24. The molecule has 5 rings (SSSR count). The van der Waals surface area contributed by atoms with E-state index in [1.165, 1.54) is 32.5 Å². The van der Waals surface area contributed by atoms with E-state index in [9.17, 15) is 0 Å². The fourth-order valence-corrected chi connectivity index (χ4v) is 4.38. The van der Waals surface area contributed by atoms with Crippen LogP contribution >= 0.6 is 15.9 Å². The Kier molecular flexibility index (Phi) is 2.62. The summed E-state index contributed by atoms with van der Waals surface area (Å²) in [4.78, 5) is 6.88. The highest BCUT2D eigenvalue weighted by Crippen LogP contribution is 2.44. The van der Waals surface area contributed by atoms with Crippen LogP contribution in [0.25, 0.3) is 0 Å². The van der Waals surface area contributed by atoms with Crippen molar-refractivity contribution in [2.24, 2.45) is 17.8 Å². The third-order valence-corrected chi connectivity index (χ3v) is 5.14. The Morgan fingerprint density at radius 3 is 2.56 bits per heavy atom. The highest BCUT2D eigenvalue weighted by molar-refractivity contribution is 9.10. The molecule has 3 nitrogen and oxygen atoms in total. The summed E-state index contributed by atoms with van der Waals surface area (Å²) >= 11 is 3.36. The third kappa shape index (κ3) is 1.86. The molecule has 4 heterocycles. The summed E-state index contributed by atoms with van der Waals surface area (Å²) in [5.74, 6) is 3.33. The van der Waals surface area contributed by atoms with E-state index >= 15 is 0 Å². The first-order valence-corrected chi connectivity index (χ1v) is 7.58. The molecule has 0 N–H and O–H groups in total. The summed E-state index contributed by atoms with van der Waals surface area (Å²) in [6, 6.07) is 3.97. The summed E-state index contributed by atoms with van der Waals surface area (Å²) < 4.78 is 7.10. The van der Waals surface area contributed by atoms with Crippen molar-refractivity contribution < 1.29 is 4.74 Å². The Hall–Kier alpha value is -0.610. The summed E-state index contributed by atoms with van der Waals surface area (Å²) in [7, 11) is 0. The van der Waals surface area contributed by atoms with Crippen LogP contribution in [0.4, 0.5) is 0 Å². The zero-order chi connectivity index (χ0) is 12.1. The number of aromatic nitrogens is 1. The number of ether oxygens (including phenoxy) is 1. The normalized spacial score (nSPS) is 41.1. The van der Waals surface area contributed by atoms with Crippen molar-refractivity contribution in [2.75, 3.05) is 19.6 Å². The molecule has 2 atom stereocenters. The van der Waals surface area contributed by atoms with Crippen molar-refractivity contribution in [1.82, 2.24) is 9.88 Å². The molecule has 1 aromatic rings. The lowest BCUT2D eigenvalue weighted by molar-refractivity contribution is -0.0985. The highest BCUT2D eigenvalue weighted by Gasteiger charge is 2.48. The lowest BCUT2D eigenvalue weighted by Crippen LogP contribution is -2.61. The lowest BCUT2D eigenvalue weighted by Gasteiger charge is -2.55. The van der Waals surface area contributed by atoms with Gasteiger partial charge in [-0.25, -0.2) is 4.98 Å². The molecule has 0 spiro atoms. The van der Waals surface area contributed by atoms with Crippen molar-refractivity contribution >= 4 is 15.9 Å². The number of pyridine rings is 1. The van der Waals surface area contributed by atoms with Crippen LogP contribution in [0.1, 0.15) is 12.8 Å². The molecule has 3 saturated heterocycles. The van der Waals surface area contributed by atoms with E-state index in [0.717, 1.165) is 28.1 Å². The van der Waals surface area contributed by atoms with Crippen molar-refractivity contribution in [3.63, 3.8) is 0 Å². The van der Waals surface area contributed by atoms with Crippen molar-refractivity contribution in [3.05, 3.63) is 22.9 Å². The average Bonchev–Trinajstić information content (AvgIpc) is 2.35. The monoisotopic (exact) mass is 308 g/mol. The molecular weight excluding hydrogens is 292 g/mol. The minimum Gasteiger partial charge on any atom is -0.488 e. The van der Waals surface area contributed by atoms with Crippen molar-refractivity contribution in [3.8, 4) is 5.75 Å². The van der Waals surface area contributed by atoms with E-state index in [4.69, 9.17) is 4.74 Å². The summed E-state index contributed by atoms with van der Waals surface area (Å²) in [6.07, 6.45) is 4.97. The molecule has 4 bridgehead atoms. The van der Waals surface area contributed by atoms with E-state index in [2.05, 4.69) is 25.8 Å². The van der Waals surface area contributed by atoms with Gasteiger partial charge in [-0.1, -0.05) is 0 Å². The van der Waals surface area contributed by atoms with Crippen LogP contribution in [0.5, 0.6) is 5.75 Å². The zero-order valence-electron chi connectivity index (χ0n) is 10.3. The largest absolute Gasteiger partial charge is 0.488 e. The summed E-state index contributed by atoms with van der Waals surface area (Å²) in [5.41, 5.74) is 0. The van der Waals surface area contributed by atoms with E-state index < -0.39 is 0 Å². The molecule has 0 amide bonds. The van der Waals surface area contributed by atoms with Crippen LogP contribution in [0.3, 0.4) is 0 Å². The number of nitrogens with zero attached hydrogens (tertiary/aromatic N) is 2.